The number of halogens is 2. The van der Waals surface area contributed by atoms with Gasteiger partial charge in [-0.25, -0.2) is 0 Å². The Morgan fingerprint density at radius 2 is 1.78 bits per heavy atom. The van der Waals surface area contributed by atoms with Crippen molar-refractivity contribution in [3.63, 3.8) is 0 Å². The first kappa shape index (κ1) is 15.2. The third kappa shape index (κ3) is 3.56. The van der Waals surface area contributed by atoms with E-state index in [-0.39, 0.29) is 12.4 Å². The molecule has 3 N–H and O–H groups in total. The van der Waals surface area contributed by atoms with Crippen molar-refractivity contribution in [1.82, 2.24) is 0 Å². The molecule has 0 aliphatic carbocycles. The standard InChI is InChI=1S/C13H13ClN2S.ClH/c1-9-5-7-10(8-6-9)17-13-11(14)3-2-4-12(13)16-15;/h2-8,16H,15H2,1H3;1H. The van der Waals surface area contributed by atoms with Crippen LogP contribution in [0.1, 0.15) is 5.56 Å². The summed E-state index contributed by atoms with van der Waals surface area (Å²) in [7, 11) is 0. The van der Waals surface area contributed by atoms with E-state index < -0.39 is 0 Å². The highest BCUT2D eigenvalue weighted by Gasteiger charge is 2.07. The zero-order chi connectivity index (χ0) is 12.3. The monoisotopic (exact) mass is 300 g/mol. The van der Waals surface area contributed by atoms with Gasteiger partial charge in [-0.2, -0.15) is 0 Å². The van der Waals surface area contributed by atoms with Crippen LogP contribution in [0.15, 0.2) is 52.3 Å². The molecule has 0 heterocycles. The maximum Gasteiger partial charge on any atom is 0.0639 e. The molecule has 0 spiro atoms. The molecule has 2 rings (SSSR count). The van der Waals surface area contributed by atoms with Gasteiger partial charge in [0.1, 0.15) is 0 Å². The smallest absolute Gasteiger partial charge is 0.0639 e. The molecule has 18 heavy (non-hydrogen) atoms. The van der Waals surface area contributed by atoms with E-state index in [0.717, 1.165) is 15.5 Å². The normalized spacial score (nSPS) is 9.72. The highest BCUT2D eigenvalue weighted by Crippen LogP contribution is 2.38. The van der Waals surface area contributed by atoms with Crippen LogP contribution in [0.4, 0.5) is 5.69 Å². The van der Waals surface area contributed by atoms with Crippen LogP contribution in [0.2, 0.25) is 5.02 Å². The Kier molecular flexibility index (Phi) is 5.82. The third-order valence-corrected chi connectivity index (χ3v) is 3.94. The zero-order valence-corrected chi connectivity index (χ0v) is 12.2. The molecular formula is C13H14Cl2N2S. The topological polar surface area (TPSA) is 38.0 Å². The number of nitrogen functional groups attached to an aromatic ring is 1. The Morgan fingerprint density at radius 3 is 2.39 bits per heavy atom. The number of nitrogens with two attached hydrogens (primary N) is 1. The molecular weight excluding hydrogens is 287 g/mol. The van der Waals surface area contributed by atoms with Crippen LogP contribution in [0.3, 0.4) is 0 Å². The van der Waals surface area contributed by atoms with E-state index in [0.29, 0.717) is 5.02 Å². The number of aryl methyl sites for hydroxylation is 1. The third-order valence-electron chi connectivity index (χ3n) is 2.36. The average molecular weight is 301 g/mol. The summed E-state index contributed by atoms with van der Waals surface area (Å²) in [6.45, 7) is 2.07. The lowest BCUT2D eigenvalue weighted by molar-refractivity contribution is 1.28. The molecule has 0 aliphatic rings. The highest BCUT2D eigenvalue weighted by atomic mass is 35.5. The van der Waals surface area contributed by atoms with E-state index in [1.807, 2.05) is 18.2 Å². The summed E-state index contributed by atoms with van der Waals surface area (Å²) in [6, 6.07) is 13.9. The molecule has 0 atom stereocenters. The molecule has 0 bridgehead atoms. The molecule has 2 nitrogen and oxygen atoms in total. The molecule has 2 aromatic rings. The van der Waals surface area contributed by atoms with Crippen molar-refractivity contribution in [3.8, 4) is 0 Å². The van der Waals surface area contributed by atoms with Crippen molar-refractivity contribution in [2.24, 2.45) is 5.84 Å². The summed E-state index contributed by atoms with van der Waals surface area (Å²) in [5, 5.41) is 0.700. The van der Waals surface area contributed by atoms with Crippen molar-refractivity contribution in [2.75, 3.05) is 5.43 Å². The summed E-state index contributed by atoms with van der Waals surface area (Å²) in [6.07, 6.45) is 0. The fourth-order valence-corrected chi connectivity index (χ4v) is 2.65. The van der Waals surface area contributed by atoms with Gasteiger partial charge < -0.3 is 5.43 Å². The largest absolute Gasteiger partial charge is 0.323 e. The number of hydrogen-bond acceptors (Lipinski definition) is 3. The van der Waals surface area contributed by atoms with E-state index in [2.05, 4.69) is 36.6 Å². The summed E-state index contributed by atoms with van der Waals surface area (Å²) in [5.41, 5.74) is 4.74. The lowest BCUT2D eigenvalue weighted by Crippen LogP contribution is -2.07. The number of rotatable bonds is 3. The predicted octanol–water partition coefficient (Wildman–Crippen LogP) is 4.51. The summed E-state index contributed by atoms with van der Waals surface area (Å²) < 4.78 is 0. The highest BCUT2D eigenvalue weighted by molar-refractivity contribution is 7.99. The van der Waals surface area contributed by atoms with Crippen molar-refractivity contribution in [2.45, 2.75) is 16.7 Å². The number of benzene rings is 2. The first-order chi connectivity index (χ1) is 8.20. The Morgan fingerprint density at radius 1 is 1.11 bits per heavy atom. The zero-order valence-electron chi connectivity index (χ0n) is 9.81. The van der Waals surface area contributed by atoms with Crippen molar-refractivity contribution in [1.29, 1.82) is 0 Å². The lowest BCUT2D eigenvalue weighted by Gasteiger charge is -2.10. The maximum absolute atomic E-state index is 6.17. The van der Waals surface area contributed by atoms with E-state index in [4.69, 9.17) is 17.4 Å². The van der Waals surface area contributed by atoms with E-state index in [9.17, 15) is 0 Å². The molecule has 0 fully saturated rings. The number of nitrogens with one attached hydrogen (secondary N) is 1. The van der Waals surface area contributed by atoms with Crippen molar-refractivity contribution < 1.29 is 0 Å². The van der Waals surface area contributed by atoms with Gasteiger partial charge in [-0.3, -0.25) is 5.84 Å². The number of anilines is 1. The molecule has 0 amide bonds. The van der Waals surface area contributed by atoms with Crippen LogP contribution in [0, 0.1) is 6.92 Å². The second-order valence-corrected chi connectivity index (χ2v) is 5.17. The minimum Gasteiger partial charge on any atom is -0.323 e. The summed E-state index contributed by atoms with van der Waals surface area (Å²) in [5.74, 6) is 5.48. The van der Waals surface area contributed by atoms with Crippen LogP contribution < -0.4 is 11.3 Å². The molecule has 0 saturated carbocycles. The van der Waals surface area contributed by atoms with Crippen LogP contribution in [-0.4, -0.2) is 0 Å². The fraction of sp³-hybridized carbons (Fsp3) is 0.0769. The number of hydrazine groups is 1. The van der Waals surface area contributed by atoms with Crippen LogP contribution in [0.5, 0.6) is 0 Å². The van der Waals surface area contributed by atoms with Gasteiger partial charge >= 0.3 is 0 Å². The Labute approximate surface area is 122 Å². The van der Waals surface area contributed by atoms with Gasteiger partial charge in [0.2, 0.25) is 0 Å². The second-order valence-electron chi connectivity index (χ2n) is 3.68. The van der Waals surface area contributed by atoms with E-state index in [1.54, 1.807) is 11.8 Å². The van der Waals surface area contributed by atoms with Crippen LogP contribution in [-0.2, 0) is 0 Å². The van der Waals surface area contributed by atoms with Crippen LogP contribution >= 0.6 is 35.8 Å². The Balaban J connectivity index is 0.00000162. The first-order valence-electron chi connectivity index (χ1n) is 5.20. The molecule has 2 aromatic carbocycles. The summed E-state index contributed by atoms with van der Waals surface area (Å²) in [4.78, 5) is 2.08. The summed E-state index contributed by atoms with van der Waals surface area (Å²) >= 11 is 7.77. The molecule has 0 saturated heterocycles. The minimum atomic E-state index is 0. The molecule has 0 unspecified atom stereocenters. The van der Waals surface area contributed by atoms with Gasteiger partial charge in [-0.1, -0.05) is 47.1 Å². The Bertz CT molecular complexity index is 515. The van der Waals surface area contributed by atoms with Gasteiger partial charge in [-0.15, -0.1) is 12.4 Å². The SMILES string of the molecule is Cc1ccc(Sc2c(Cl)cccc2NN)cc1.Cl. The van der Waals surface area contributed by atoms with Crippen molar-refractivity contribution in [3.05, 3.63) is 53.1 Å². The predicted molar refractivity (Wildman–Crippen MR) is 81.8 cm³/mol. The molecule has 0 radical (unpaired) electrons. The molecule has 0 aliphatic heterocycles. The molecule has 96 valence electrons. The Hall–Kier alpha value is -0.870. The average Bonchev–Trinajstić information content (AvgIpc) is 2.34. The van der Waals surface area contributed by atoms with Gasteiger partial charge in [0.25, 0.3) is 0 Å². The van der Waals surface area contributed by atoms with Crippen molar-refractivity contribution >= 4 is 41.5 Å². The molecule has 0 aromatic heterocycles. The lowest BCUT2D eigenvalue weighted by atomic mass is 10.2. The molecule has 5 heteroatoms. The van der Waals surface area contributed by atoms with Gasteiger partial charge in [0, 0.05) is 4.90 Å². The minimum absolute atomic E-state index is 0. The van der Waals surface area contributed by atoms with E-state index >= 15 is 0 Å². The fourth-order valence-electron chi connectivity index (χ4n) is 1.45. The van der Waals surface area contributed by atoms with Gasteiger partial charge in [0.15, 0.2) is 0 Å². The quantitative estimate of drug-likeness (QED) is 0.647. The van der Waals surface area contributed by atoms with Gasteiger partial charge in [-0.05, 0) is 31.2 Å². The van der Waals surface area contributed by atoms with E-state index in [1.165, 1.54) is 5.56 Å². The van der Waals surface area contributed by atoms with Gasteiger partial charge in [0.05, 0.1) is 15.6 Å². The van der Waals surface area contributed by atoms with Crippen LogP contribution in [0.25, 0.3) is 0 Å². The maximum atomic E-state index is 6.17. The second kappa shape index (κ2) is 6.90. The first-order valence-corrected chi connectivity index (χ1v) is 6.40. The number of hydrogen-bond donors (Lipinski definition) is 2.